The maximum atomic E-state index is 11.2. The predicted octanol–water partition coefficient (Wildman–Crippen LogP) is -0.171. The number of likely N-dealkylation sites (N-methyl/N-ethyl adjacent to an activating group) is 1. The van der Waals surface area contributed by atoms with Crippen LogP contribution in [0, 0.1) is 5.92 Å². The first-order valence-corrected chi connectivity index (χ1v) is 4.67. The smallest absolute Gasteiger partial charge is 0.324 e. The number of nitrogens with two attached hydrogens (primary N) is 1. The van der Waals surface area contributed by atoms with Crippen LogP contribution in [0.5, 0.6) is 0 Å². The third kappa shape index (κ3) is 2.97. The number of carbonyl (C=O) groups is 1. The molecule has 1 fully saturated rings. The Morgan fingerprint density at radius 3 is 2.69 bits per heavy atom. The molecule has 0 radical (unpaired) electrons. The molecule has 0 amide bonds. The lowest BCUT2D eigenvalue weighted by Gasteiger charge is -2.24. The Labute approximate surface area is 79.0 Å². The van der Waals surface area contributed by atoms with Crippen molar-refractivity contribution in [2.24, 2.45) is 11.7 Å². The van der Waals surface area contributed by atoms with E-state index in [1.807, 2.05) is 11.9 Å². The number of hydrogen-bond donors (Lipinski definition) is 1. The highest BCUT2D eigenvalue weighted by atomic mass is 16.5. The molecule has 2 N–H and O–H groups in total. The lowest BCUT2D eigenvalue weighted by atomic mass is 10.2. The predicted molar refractivity (Wildman–Crippen MR) is 50.2 cm³/mol. The molecule has 0 aliphatic heterocycles. The standard InChI is InChI=1S/C9H18N2O2/c1-11(6-7-3-4-7)8(5-10)9(12)13-2/h7-8H,3-6,10H2,1-2H3. The highest BCUT2D eigenvalue weighted by Crippen LogP contribution is 2.29. The zero-order chi connectivity index (χ0) is 9.84. The monoisotopic (exact) mass is 186 g/mol. The third-order valence-corrected chi connectivity index (χ3v) is 2.47. The van der Waals surface area contributed by atoms with Crippen molar-refractivity contribution in [2.45, 2.75) is 18.9 Å². The van der Waals surface area contributed by atoms with Gasteiger partial charge < -0.3 is 10.5 Å². The number of ether oxygens (including phenoxy) is 1. The minimum Gasteiger partial charge on any atom is -0.468 e. The molecule has 1 unspecified atom stereocenters. The molecule has 0 spiro atoms. The van der Waals surface area contributed by atoms with Gasteiger partial charge in [0.15, 0.2) is 0 Å². The molecule has 4 heteroatoms. The van der Waals surface area contributed by atoms with E-state index in [0.717, 1.165) is 12.5 Å². The fourth-order valence-electron chi connectivity index (χ4n) is 1.43. The van der Waals surface area contributed by atoms with Crippen LogP contribution in [0.4, 0.5) is 0 Å². The van der Waals surface area contributed by atoms with E-state index in [4.69, 9.17) is 5.73 Å². The molecule has 13 heavy (non-hydrogen) atoms. The number of nitrogens with zero attached hydrogens (tertiary/aromatic N) is 1. The summed E-state index contributed by atoms with van der Waals surface area (Å²) in [4.78, 5) is 13.2. The Morgan fingerprint density at radius 1 is 1.69 bits per heavy atom. The summed E-state index contributed by atoms with van der Waals surface area (Å²) >= 11 is 0. The Morgan fingerprint density at radius 2 is 2.31 bits per heavy atom. The van der Waals surface area contributed by atoms with E-state index in [2.05, 4.69) is 4.74 Å². The number of hydrogen-bond acceptors (Lipinski definition) is 4. The van der Waals surface area contributed by atoms with Crippen molar-refractivity contribution in [3.8, 4) is 0 Å². The minimum atomic E-state index is -0.273. The topological polar surface area (TPSA) is 55.6 Å². The number of methoxy groups -OCH3 is 1. The maximum Gasteiger partial charge on any atom is 0.324 e. The fourth-order valence-corrected chi connectivity index (χ4v) is 1.43. The molecule has 0 aromatic heterocycles. The van der Waals surface area contributed by atoms with Gasteiger partial charge in [0, 0.05) is 13.1 Å². The van der Waals surface area contributed by atoms with Gasteiger partial charge in [-0.05, 0) is 25.8 Å². The van der Waals surface area contributed by atoms with Crippen molar-refractivity contribution in [1.29, 1.82) is 0 Å². The van der Waals surface area contributed by atoms with Gasteiger partial charge in [0.25, 0.3) is 0 Å². The van der Waals surface area contributed by atoms with E-state index in [1.54, 1.807) is 0 Å². The first-order chi connectivity index (χ1) is 6.19. The first kappa shape index (κ1) is 10.5. The summed E-state index contributed by atoms with van der Waals surface area (Å²) in [5, 5.41) is 0. The van der Waals surface area contributed by atoms with Gasteiger partial charge in [-0.25, -0.2) is 0 Å². The van der Waals surface area contributed by atoms with E-state index in [1.165, 1.54) is 20.0 Å². The van der Waals surface area contributed by atoms with Crippen molar-refractivity contribution in [2.75, 3.05) is 27.2 Å². The Bertz CT molecular complexity index is 180. The van der Waals surface area contributed by atoms with Crippen molar-refractivity contribution >= 4 is 5.97 Å². The number of carbonyl (C=O) groups excluding carboxylic acids is 1. The van der Waals surface area contributed by atoms with Crippen LogP contribution in [0.25, 0.3) is 0 Å². The first-order valence-electron chi connectivity index (χ1n) is 4.67. The second-order valence-electron chi connectivity index (χ2n) is 3.66. The van der Waals surface area contributed by atoms with Gasteiger partial charge in [-0.3, -0.25) is 9.69 Å². The lowest BCUT2D eigenvalue weighted by Crippen LogP contribution is -2.45. The zero-order valence-corrected chi connectivity index (χ0v) is 8.32. The van der Waals surface area contributed by atoms with Crippen molar-refractivity contribution < 1.29 is 9.53 Å². The molecule has 0 heterocycles. The molecule has 1 aliphatic rings. The van der Waals surface area contributed by atoms with Gasteiger partial charge in [0.2, 0.25) is 0 Å². The average Bonchev–Trinajstić information content (AvgIpc) is 2.89. The van der Waals surface area contributed by atoms with Gasteiger partial charge in [-0.2, -0.15) is 0 Å². The van der Waals surface area contributed by atoms with E-state index < -0.39 is 0 Å². The van der Waals surface area contributed by atoms with Gasteiger partial charge in [-0.1, -0.05) is 0 Å². The molecular formula is C9H18N2O2. The highest BCUT2D eigenvalue weighted by molar-refractivity contribution is 5.75. The van der Waals surface area contributed by atoms with Gasteiger partial charge >= 0.3 is 5.97 Å². The third-order valence-electron chi connectivity index (χ3n) is 2.47. The van der Waals surface area contributed by atoms with Crippen LogP contribution >= 0.6 is 0 Å². The van der Waals surface area contributed by atoms with Crippen LogP contribution in [-0.2, 0) is 9.53 Å². The Kier molecular flexibility index (Phi) is 3.69. The Balaban J connectivity index is 2.38. The van der Waals surface area contributed by atoms with E-state index in [0.29, 0.717) is 6.54 Å². The summed E-state index contributed by atoms with van der Waals surface area (Å²) in [6.45, 7) is 1.28. The fraction of sp³-hybridized carbons (Fsp3) is 0.889. The van der Waals surface area contributed by atoms with Gasteiger partial charge in [-0.15, -0.1) is 0 Å². The molecule has 1 saturated carbocycles. The average molecular weight is 186 g/mol. The van der Waals surface area contributed by atoms with Crippen molar-refractivity contribution in [3.63, 3.8) is 0 Å². The molecule has 1 rings (SSSR count). The molecule has 1 atom stereocenters. The summed E-state index contributed by atoms with van der Waals surface area (Å²) in [5.41, 5.74) is 5.50. The largest absolute Gasteiger partial charge is 0.468 e. The highest BCUT2D eigenvalue weighted by Gasteiger charge is 2.28. The van der Waals surface area contributed by atoms with Gasteiger partial charge in [0.1, 0.15) is 6.04 Å². The van der Waals surface area contributed by atoms with E-state index >= 15 is 0 Å². The lowest BCUT2D eigenvalue weighted by molar-refractivity contribution is -0.146. The molecule has 76 valence electrons. The molecular weight excluding hydrogens is 168 g/mol. The second kappa shape index (κ2) is 4.58. The van der Waals surface area contributed by atoms with Crippen molar-refractivity contribution in [1.82, 2.24) is 4.90 Å². The van der Waals surface area contributed by atoms with Crippen molar-refractivity contribution in [3.05, 3.63) is 0 Å². The zero-order valence-electron chi connectivity index (χ0n) is 8.32. The van der Waals surface area contributed by atoms with Crippen LogP contribution in [0.3, 0.4) is 0 Å². The summed E-state index contributed by atoms with van der Waals surface area (Å²) < 4.78 is 4.67. The molecule has 0 aromatic rings. The normalized spacial score (nSPS) is 18.8. The second-order valence-corrected chi connectivity index (χ2v) is 3.66. The molecule has 0 bridgehead atoms. The summed E-state index contributed by atoms with van der Waals surface area (Å²) in [5.74, 6) is 0.536. The maximum absolute atomic E-state index is 11.2. The van der Waals surface area contributed by atoms with Crippen LogP contribution in [0.1, 0.15) is 12.8 Å². The number of esters is 1. The molecule has 1 aliphatic carbocycles. The Hall–Kier alpha value is -0.610. The quantitative estimate of drug-likeness (QED) is 0.606. The van der Waals surface area contributed by atoms with Crippen LogP contribution in [0.15, 0.2) is 0 Å². The van der Waals surface area contributed by atoms with E-state index in [9.17, 15) is 4.79 Å². The summed E-state index contributed by atoms with van der Waals surface area (Å²) in [6.07, 6.45) is 2.56. The molecule has 4 nitrogen and oxygen atoms in total. The van der Waals surface area contributed by atoms with Gasteiger partial charge in [0.05, 0.1) is 7.11 Å². The summed E-state index contributed by atoms with van der Waals surface area (Å²) in [7, 11) is 3.32. The summed E-state index contributed by atoms with van der Waals surface area (Å²) in [6, 6.07) is -0.273. The van der Waals surface area contributed by atoms with Crippen LogP contribution in [-0.4, -0.2) is 44.2 Å². The van der Waals surface area contributed by atoms with Crippen LogP contribution < -0.4 is 5.73 Å². The number of rotatable bonds is 5. The van der Waals surface area contributed by atoms with E-state index in [-0.39, 0.29) is 12.0 Å². The molecule has 0 saturated heterocycles. The minimum absolute atomic E-state index is 0.231. The SMILES string of the molecule is COC(=O)C(CN)N(C)CC1CC1. The molecule has 0 aromatic carbocycles. The van der Waals surface area contributed by atoms with Crippen LogP contribution in [0.2, 0.25) is 0 Å².